The third kappa shape index (κ3) is 1.98. The SMILES string of the molecule is CC(C)C1CC1CCC1CC1. The summed E-state index contributed by atoms with van der Waals surface area (Å²) < 4.78 is 0. The lowest BCUT2D eigenvalue weighted by Gasteiger charge is -2.01. The molecule has 2 atom stereocenters. The third-order valence-electron chi connectivity index (χ3n) is 3.48. The molecular formula is C11H20. The Morgan fingerprint density at radius 3 is 2.36 bits per heavy atom. The van der Waals surface area contributed by atoms with Crippen molar-refractivity contribution in [2.75, 3.05) is 0 Å². The molecule has 2 rings (SSSR count). The van der Waals surface area contributed by atoms with Gasteiger partial charge >= 0.3 is 0 Å². The molecule has 0 saturated heterocycles. The topological polar surface area (TPSA) is 0 Å². The van der Waals surface area contributed by atoms with Crippen molar-refractivity contribution in [2.24, 2.45) is 23.7 Å². The van der Waals surface area contributed by atoms with Crippen LogP contribution in [0.15, 0.2) is 0 Å². The van der Waals surface area contributed by atoms with Gasteiger partial charge in [-0.3, -0.25) is 0 Å². The predicted molar refractivity (Wildman–Crippen MR) is 48.4 cm³/mol. The van der Waals surface area contributed by atoms with Gasteiger partial charge in [-0.2, -0.15) is 0 Å². The van der Waals surface area contributed by atoms with E-state index in [1.807, 2.05) is 0 Å². The molecule has 11 heavy (non-hydrogen) atoms. The van der Waals surface area contributed by atoms with E-state index in [9.17, 15) is 0 Å². The molecule has 2 aliphatic carbocycles. The summed E-state index contributed by atoms with van der Waals surface area (Å²) in [5.41, 5.74) is 0. The van der Waals surface area contributed by atoms with Crippen molar-refractivity contribution < 1.29 is 0 Å². The zero-order valence-electron chi connectivity index (χ0n) is 7.84. The first-order chi connectivity index (χ1) is 5.27. The Balaban J connectivity index is 1.59. The van der Waals surface area contributed by atoms with E-state index in [1.165, 1.54) is 0 Å². The van der Waals surface area contributed by atoms with Crippen LogP contribution < -0.4 is 0 Å². The molecule has 2 fully saturated rings. The van der Waals surface area contributed by atoms with Gasteiger partial charge in [-0.05, 0) is 36.5 Å². The fourth-order valence-corrected chi connectivity index (χ4v) is 2.28. The summed E-state index contributed by atoms with van der Waals surface area (Å²) in [6, 6.07) is 0. The molecule has 0 bridgehead atoms. The highest BCUT2D eigenvalue weighted by Gasteiger charge is 2.39. The maximum atomic E-state index is 2.38. The lowest BCUT2D eigenvalue weighted by molar-refractivity contribution is 0.486. The summed E-state index contributed by atoms with van der Waals surface area (Å²) in [4.78, 5) is 0. The van der Waals surface area contributed by atoms with E-state index in [-0.39, 0.29) is 0 Å². The molecule has 0 N–H and O–H groups in total. The molecule has 2 unspecified atom stereocenters. The van der Waals surface area contributed by atoms with Gasteiger partial charge in [0.05, 0.1) is 0 Å². The molecule has 64 valence electrons. The summed E-state index contributed by atoms with van der Waals surface area (Å²) >= 11 is 0. The normalized spacial score (nSPS) is 36.3. The highest BCUT2D eigenvalue weighted by atomic mass is 14.4. The lowest BCUT2D eigenvalue weighted by Crippen LogP contribution is -1.92. The Morgan fingerprint density at radius 1 is 1.18 bits per heavy atom. The molecule has 0 aromatic rings. The molecule has 2 aliphatic rings. The molecular weight excluding hydrogens is 132 g/mol. The standard InChI is InChI=1S/C11H20/c1-8(2)11-7-10(11)6-5-9-3-4-9/h8-11H,3-7H2,1-2H3. The maximum absolute atomic E-state index is 2.38. The van der Waals surface area contributed by atoms with E-state index in [2.05, 4.69) is 13.8 Å². The van der Waals surface area contributed by atoms with Gasteiger partial charge in [0.25, 0.3) is 0 Å². The third-order valence-corrected chi connectivity index (χ3v) is 3.48. The number of hydrogen-bond acceptors (Lipinski definition) is 0. The highest BCUT2D eigenvalue weighted by Crippen LogP contribution is 2.49. The highest BCUT2D eigenvalue weighted by molar-refractivity contribution is 4.89. The van der Waals surface area contributed by atoms with Gasteiger partial charge in [0.15, 0.2) is 0 Å². The van der Waals surface area contributed by atoms with E-state index < -0.39 is 0 Å². The first-order valence-corrected chi connectivity index (χ1v) is 5.27. The minimum absolute atomic E-state index is 0.958. The quantitative estimate of drug-likeness (QED) is 0.578. The zero-order chi connectivity index (χ0) is 7.84. The summed E-state index contributed by atoms with van der Waals surface area (Å²) in [6.07, 6.45) is 7.73. The molecule has 0 heterocycles. The average molecular weight is 152 g/mol. The van der Waals surface area contributed by atoms with Crippen LogP contribution >= 0.6 is 0 Å². The molecule has 0 aliphatic heterocycles. The van der Waals surface area contributed by atoms with Gasteiger partial charge in [0, 0.05) is 0 Å². The van der Waals surface area contributed by atoms with Crippen LogP contribution in [-0.4, -0.2) is 0 Å². The molecule has 0 nitrogen and oxygen atoms in total. The van der Waals surface area contributed by atoms with Crippen LogP contribution in [0.4, 0.5) is 0 Å². The Bertz CT molecular complexity index is 133. The van der Waals surface area contributed by atoms with Crippen LogP contribution in [0.5, 0.6) is 0 Å². The average Bonchev–Trinajstić information content (AvgIpc) is 2.81. The summed E-state index contributed by atoms with van der Waals surface area (Å²) in [5, 5.41) is 0. The first kappa shape index (κ1) is 7.64. The number of rotatable bonds is 4. The summed E-state index contributed by atoms with van der Waals surface area (Å²) in [6.45, 7) is 4.75. The minimum atomic E-state index is 0.958. The zero-order valence-corrected chi connectivity index (χ0v) is 7.84. The van der Waals surface area contributed by atoms with E-state index >= 15 is 0 Å². The van der Waals surface area contributed by atoms with Gasteiger partial charge in [-0.25, -0.2) is 0 Å². The predicted octanol–water partition coefficient (Wildman–Crippen LogP) is 3.47. The molecule has 2 saturated carbocycles. The fourth-order valence-electron chi connectivity index (χ4n) is 2.28. The van der Waals surface area contributed by atoms with Crippen LogP contribution in [0.3, 0.4) is 0 Å². The van der Waals surface area contributed by atoms with E-state index in [4.69, 9.17) is 0 Å². The van der Waals surface area contributed by atoms with Gasteiger partial charge < -0.3 is 0 Å². The molecule has 0 radical (unpaired) electrons. The van der Waals surface area contributed by atoms with Crippen molar-refractivity contribution in [3.63, 3.8) is 0 Å². The van der Waals surface area contributed by atoms with Crippen molar-refractivity contribution in [2.45, 2.75) is 46.0 Å². The van der Waals surface area contributed by atoms with E-state index in [1.54, 1.807) is 32.1 Å². The van der Waals surface area contributed by atoms with Crippen LogP contribution in [0.2, 0.25) is 0 Å². The monoisotopic (exact) mass is 152 g/mol. The van der Waals surface area contributed by atoms with Crippen molar-refractivity contribution >= 4 is 0 Å². The van der Waals surface area contributed by atoms with Crippen LogP contribution in [0, 0.1) is 23.7 Å². The Hall–Kier alpha value is 0. The summed E-state index contributed by atoms with van der Waals surface area (Å²) in [7, 11) is 0. The fraction of sp³-hybridized carbons (Fsp3) is 1.00. The van der Waals surface area contributed by atoms with Crippen molar-refractivity contribution in [1.82, 2.24) is 0 Å². The van der Waals surface area contributed by atoms with Crippen LogP contribution in [0.25, 0.3) is 0 Å². The van der Waals surface area contributed by atoms with Gasteiger partial charge in [-0.1, -0.05) is 33.1 Å². The second kappa shape index (κ2) is 2.80. The summed E-state index contributed by atoms with van der Waals surface area (Å²) in [5.74, 6) is 4.35. The Morgan fingerprint density at radius 2 is 1.91 bits per heavy atom. The number of hydrogen-bond donors (Lipinski definition) is 0. The molecule has 0 amide bonds. The Kier molecular flexibility index (Phi) is 1.95. The van der Waals surface area contributed by atoms with Crippen molar-refractivity contribution in [3.8, 4) is 0 Å². The van der Waals surface area contributed by atoms with Crippen molar-refractivity contribution in [3.05, 3.63) is 0 Å². The van der Waals surface area contributed by atoms with Gasteiger partial charge in [-0.15, -0.1) is 0 Å². The second-order valence-electron chi connectivity index (χ2n) is 4.92. The first-order valence-electron chi connectivity index (χ1n) is 5.27. The molecule has 0 spiro atoms. The Labute approximate surface area is 70.4 Å². The van der Waals surface area contributed by atoms with Crippen LogP contribution in [0.1, 0.15) is 46.0 Å². The van der Waals surface area contributed by atoms with E-state index in [0.717, 1.165) is 23.7 Å². The lowest BCUT2D eigenvalue weighted by atomic mass is 10.0. The van der Waals surface area contributed by atoms with E-state index in [0.29, 0.717) is 0 Å². The van der Waals surface area contributed by atoms with Crippen molar-refractivity contribution in [1.29, 1.82) is 0 Å². The molecule has 0 aromatic carbocycles. The maximum Gasteiger partial charge on any atom is -0.0360 e. The minimum Gasteiger partial charge on any atom is -0.0625 e. The van der Waals surface area contributed by atoms with Gasteiger partial charge in [0.1, 0.15) is 0 Å². The second-order valence-corrected chi connectivity index (χ2v) is 4.92. The molecule has 0 aromatic heterocycles. The molecule has 0 heteroatoms. The van der Waals surface area contributed by atoms with Gasteiger partial charge in [0.2, 0.25) is 0 Å². The van der Waals surface area contributed by atoms with Crippen LogP contribution in [-0.2, 0) is 0 Å². The smallest absolute Gasteiger partial charge is 0.0360 e. The largest absolute Gasteiger partial charge is 0.0625 e.